The zero-order valence-electron chi connectivity index (χ0n) is 12.1. The highest BCUT2D eigenvalue weighted by Gasteiger charge is 2.24. The highest BCUT2D eigenvalue weighted by atomic mass is 32.2. The number of carbonyl (C=O) groups excluding carboxylic acids is 1. The quantitative estimate of drug-likeness (QED) is 0.920. The van der Waals surface area contributed by atoms with Gasteiger partial charge in [-0.05, 0) is 29.8 Å². The van der Waals surface area contributed by atoms with Crippen LogP contribution in [-0.2, 0) is 10.0 Å². The Balaban J connectivity index is 2.74. The minimum atomic E-state index is -3.65. The van der Waals surface area contributed by atoms with Gasteiger partial charge in [0.2, 0.25) is 10.0 Å². The number of para-hydroxylation sites is 1. The molecule has 2 rings (SSSR count). The molecule has 1 amide bonds. The van der Waals surface area contributed by atoms with Gasteiger partial charge in [-0.15, -0.1) is 0 Å². The van der Waals surface area contributed by atoms with Crippen LogP contribution in [0.5, 0.6) is 0 Å². The summed E-state index contributed by atoms with van der Waals surface area (Å²) >= 11 is 0. The number of anilines is 2. The lowest BCUT2D eigenvalue weighted by Gasteiger charge is -2.24. The molecule has 2 N–H and O–H groups in total. The lowest BCUT2D eigenvalue weighted by atomic mass is 10.1. The largest absolute Gasteiger partial charge is 0.366 e. The molecule has 0 saturated heterocycles. The van der Waals surface area contributed by atoms with E-state index in [1.54, 1.807) is 48.5 Å². The Morgan fingerprint density at radius 3 is 2.32 bits per heavy atom. The maximum atomic E-state index is 12.2. The monoisotopic (exact) mass is 316 g/mol. The smallest absolute Gasteiger partial charge is 0.250 e. The van der Waals surface area contributed by atoms with Gasteiger partial charge in [0.05, 0.1) is 23.2 Å². The standard InChI is InChI=1S/C16H16N2O3S/c1-3-12-9-10-15(14(11-12)16(17)19)18(22(2,20)21)13-7-5-4-6-8-13/h3-11H,1H2,2H3,(H2,17,19). The second kappa shape index (κ2) is 6.03. The second-order valence-corrected chi connectivity index (χ2v) is 6.54. The van der Waals surface area contributed by atoms with E-state index in [0.29, 0.717) is 11.3 Å². The van der Waals surface area contributed by atoms with Crippen molar-refractivity contribution in [3.63, 3.8) is 0 Å². The van der Waals surface area contributed by atoms with Crippen molar-refractivity contribution >= 4 is 33.4 Å². The molecular weight excluding hydrogens is 300 g/mol. The summed E-state index contributed by atoms with van der Waals surface area (Å²) < 4.78 is 25.5. The summed E-state index contributed by atoms with van der Waals surface area (Å²) in [7, 11) is -3.65. The molecule has 2 aromatic carbocycles. The number of amides is 1. The highest BCUT2D eigenvalue weighted by molar-refractivity contribution is 7.92. The first-order valence-corrected chi connectivity index (χ1v) is 8.31. The van der Waals surface area contributed by atoms with Gasteiger partial charge in [-0.2, -0.15) is 0 Å². The number of hydrogen-bond acceptors (Lipinski definition) is 3. The van der Waals surface area contributed by atoms with E-state index >= 15 is 0 Å². The third-order valence-electron chi connectivity index (χ3n) is 3.06. The number of nitrogens with two attached hydrogens (primary N) is 1. The van der Waals surface area contributed by atoms with E-state index < -0.39 is 15.9 Å². The molecule has 2 aromatic rings. The minimum Gasteiger partial charge on any atom is -0.366 e. The third-order valence-corrected chi connectivity index (χ3v) is 4.13. The summed E-state index contributed by atoms with van der Waals surface area (Å²) in [5, 5.41) is 0. The van der Waals surface area contributed by atoms with Gasteiger partial charge >= 0.3 is 0 Å². The van der Waals surface area contributed by atoms with Gasteiger partial charge in [-0.3, -0.25) is 4.79 Å². The maximum absolute atomic E-state index is 12.2. The third kappa shape index (κ3) is 3.17. The van der Waals surface area contributed by atoms with E-state index in [2.05, 4.69) is 6.58 Å². The SMILES string of the molecule is C=Cc1ccc(N(c2ccccc2)S(C)(=O)=O)c(C(N)=O)c1. The molecule has 0 saturated carbocycles. The Morgan fingerprint density at radius 1 is 1.18 bits per heavy atom. The summed E-state index contributed by atoms with van der Waals surface area (Å²) in [6.07, 6.45) is 2.63. The summed E-state index contributed by atoms with van der Waals surface area (Å²) in [6.45, 7) is 3.63. The first kappa shape index (κ1) is 15.8. The van der Waals surface area contributed by atoms with Crippen molar-refractivity contribution in [2.75, 3.05) is 10.6 Å². The molecule has 22 heavy (non-hydrogen) atoms. The second-order valence-electron chi connectivity index (χ2n) is 4.71. The number of benzene rings is 2. The van der Waals surface area contributed by atoms with Crippen molar-refractivity contribution < 1.29 is 13.2 Å². The van der Waals surface area contributed by atoms with Crippen LogP contribution in [0.25, 0.3) is 6.08 Å². The van der Waals surface area contributed by atoms with Crippen LogP contribution in [0.1, 0.15) is 15.9 Å². The lowest BCUT2D eigenvalue weighted by molar-refractivity contribution is 0.100. The molecular formula is C16H16N2O3S. The fourth-order valence-corrected chi connectivity index (χ4v) is 3.15. The van der Waals surface area contributed by atoms with Crippen molar-refractivity contribution in [1.29, 1.82) is 0 Å². The van der Waals surface area contributed by atoms with Gasteiger partial charge in [0.15, 0.2) is 0 Å². The van der Waals surface area contributed by atoms with E-state index in [9.17, 15) is 13.2 Å². The fraction of sp³-hybridized carbons (Fsp3) is 0.0625. The fourth-order valence-electron chi connectivity index (χ4n) is 2.13. The number of rotatable bonds is 5. The molecule has 0 aromatic heterocycles. The van der Waals surface area contributed by atoms with E-state index in [1.807, 2.05) is 0 Å². The normalized spacial score (nSPS) is 11.0. The maximum Gasteiger partial charge on any atom is 0.250 e. The van der Waals surface area contributed by atoms with Crippen LogP contribution < -0.4 is 10.0 Å². The van der Waals surface area contributed by atoms with Crippen LogP contribution in [0.15, 0.2) is 55.1 Å². The molecule has 0 aliphatic heterocycles. The summed E-state index contributed by atoms with van der Waals surface area (Å²) in [5.41, 5.74) is 6.84. The van der Waals surface area contributed by atoms with E-state index in [0.717, 1.165) is 10.6 Å². The van der Waals surface area contributed by atoms with Crippen LogP contribution >= 0.6 is 0 Å². The van der Waals surface area contributed by atoms with Crippen LogP contribution in [0.4, 0.5) is 11.4 Å². The summed E-state index contributed by atoms with van der Waals surface area (Å²) in [4.78, 5) is 11.7. The Kier molecular flexibility index (Phi) is 4.32. The van der Waals surface area contributed by atoms with Gasteiger partial charge < -0.3 is 5.73 Å². The first-order chi connectivity index (χ1) is 10.3. The lowest BCUT2D eigenvalue weighted by Crippen LogP contribution is -2.27. The molecule has 0 spiro atoms. The van der Waals surface area contributed by atoms with Gasteiger partial charge in [-0.1, -0.05) is 36.9 Å². The molecule has 0 aliphatic carbocycles. The minimum absolute atomic E-state index is 0.117. The molecule has 6 heteroatoms. The Morgan fingerprint density at radius 2 is 1.82 bits per heavy atom. The zero-order chi connectivity index (χ0) is 16.3. The van der Waals surface area contributed by atoms with Crippen LogP contribution in [0, 0.1) is 0 Å². The van der Waals surface area contributed by atoms with E-state index in [4.69, 9.17) is 5.73 Å². The summed E-state index contributed by atoms with van der Waals surface area (Å²) in [5.74, 6) is -0.705. The van der Waals surface area contributed by atoms with Gasteiger partial charge in [0, 0.05) is 0 Å². The molecule has 0 radical (unpaired) electrons. The van der Waals surface area contributed by atoms with Crippen molar-refractivity contribution in [1.82, 2.24) is 0 Å². The average Bonchev–Trinajstić information content (AvgIpc) is 2.47. The topological polar surface area (TPSA) is 80.5 Å². The highest BCUT2D eigenvalue weighted by Crippen LogP contribution is 2.31. The van der Waals surface area contributed by atoms with E-state index in [-0.39, 0.29) is 11.3 Å². The Hall–Kier alpha value is -2.60. The molecule has 0 bridgehead atoms. The molecule has 0 fully saturated rings. The molecule has 5 nitrogen and oxygen atoms in total. The van der Waals surface area contributed by atoms with Crippen LogP contribution in [0.2, 0.25) is 0 Å². The van der Waals surface area contributed by atoms with Crippen molar-refractivity contribution in [3.05, 3.63) is 66.2 Å². The zero-order valence-corrected chi connectivity index (χ0v) is 12.9. The van der Waals surface area contributed by atoms with Gasteiger partial charge in [0.1, 0.15) is 0 Å². The first-order valence-electron chi connectivity index (χ1n) is 6.46. The van der Waals surface area contributed by atoms with E-state index in [1.165, 1.54) is 6.07 Å². The number of nitrogens with zero attached hydrogens (tertiary/aromatic N) is 1. The molecule has 0 heterocycles. The van der Waals surface area contributed by atoms with Crippen molar-refractivity contribution in [3.8, 4) is 0 Å². The van der Waals surface area contributed by atoms with Crippen molar-refractivity contribution in [2.45, 2.75) is 0 Å². The molecule has 0 atom stereocenters. The van der Waals surface area contributed by atoms with Crippen molar-refractivity contribution in [2.24, 2.45) is 5.73 Å². The number of carbonyl (C=O) groups is 1. The average molecular weight is 316 g/mol. The predicted molar refractivity (Wildman–Crippen MR) is 88.5 cm³/mol. The van der Waals surface area contributed by atoms with Gasteiger partial charge in [-0.25, -0.2) is 12.7 Å². The predicted octanol–water partition coefficient (Wildman–Crippen LogP) is 2.53. The number of primary amides is 1. The van der Waals surface area contributed by atoms with Gasteiger partial charge in [0.25, 0.3) is 5.91 Å². The summed E-state index contributed by atoms with van der Waals surface area (Å²) in [6, 6.07) is 13.2. The number of sulfonamides is 1. The molecule has 0 unspecified atom stereocenters. The number of hydrogen-bond donors (Lipinski definition) is 1. The Labute approximate surface area is 129 Å². The Bertz CT molecular complexity index is 815. The molecule has 0 aliphatic rings. The van der Waals surface area contributed by atoms with Crippen LogP contribution in [-0.4, -0.2) is 20.6 Å². The van der Waals surface area contributed by atoms with Crippen LogP contribution in [0.3, 0.4) is 0 Å². The molecule has 114 valence electrons.